The largest absolute Gasteiger partial charge is 0.369 e. The van der Waals surface area contributed by atoms with E-state index < -0.39 is 0 Å². The SMILES string of the molecule is CN(c1ccccc1C#N)C(CN)C(C)(C)C. The van der Waals surface area contributed by atoms with Gasteiger partial charge in [0.05, 0.1) is 11.3 Å². The fraction of sp³-hybridized carbons (Fsp3) is 0.500. The molecule has 1 atom stereocenters. The molecule has 0 bridgehead atoms. The monoisotopic (exact) mass is 231 g/mol. The van der Waals surface area contributed by atoms with Crippen LogP contribution in [0.3, 0.4) is 0 Å². The summed E-state index contributed by atoms with van der Waals surface area (Å²) in [5.74, 6) is 0. The van der Waals surface area contributed by atoms with Crippen LogP contribution in [-0.4, -0.2) is 19.6 Å². The molecule has 0 aromatic heterocycles. The van der Waals surface area contributed by atoms with Crippen molar-refractivity contribution in [3.8, 4) is 6.07 Å². The molecule has 17 heavy (non-hydrogen) atoms. The van der Waals surface area contributed by atoms with Crippen molar-refractivity contribution in [3.63, 3.8) is 0 Å². The molecule has 1 aromatic rings. The van der Waals surface area contributed by atoms with Gasteiger partial charge in [0, 0.05) is 19.6 Å². The molecule has 0 saturated heterocycles. The zero-order chi connectivity index (χ0) is 13.1. The van der Waals surface area contributed by atoms with Gasteiger partial charge in [-0.05, 0) is 17.5 Å². The lowest BCUT2D eigenvalue weighted by atomic mass is 9.85. The first-order chi connectivity index (χ1) is 7.91. The molecule has 3 nitrogen and oxygen atoms in total. The molecule has 1 unspecified atom stereocenters. The summed E-state index contributed by atoms with van der Waals surface area (Å²) >= 11 is 0. The van der Waals surface area contributed by atoms with E-state index in [-0.39, 0.29) is 11.5 Å². The minimum absolute atomic E-state index is 0.0755. The van der Waals surface area contributed by atoms with Crippen molar-refractivity contribution in [2.24, 2.45) is 11.1 Å². The molecular weight excluding hydrogens is 210 g/mol. The quantitative estimate of drug-likeness (QED) is 0.869. The van der Waals surface area contributed by atoms with Crippen LogP contribution in [0.4, 0.5) is 5.69 Å². The third kappa shape index (κ3) is 2.98. The number of nitrogens with two attached hydrogens (primary N) is 1. The van der Waals surface area contributed by atoms with Crippen molar-refractivity contribution in [2.45, 2.75) is 26.8 Å². The average molecular weight is 231 g/mol. The van der Waals surface area contributed by atoms with E-state index in [4.69, 9.17) is 11.0 Å². The fourth-order valence-corrected chi connectivity index (χ4v) is 2.14. The van der Waals surface area contributed by atoms with Crippen LogP contribution >= 0.6 is 0 Å². The van der Waals surface area contributed by atoms with Crippen LogP contribution in [0, 0.1) is 16.7 Å². The van der Waals surface area contributed by atoms with Crippen molar-refractivity contribution in [2.75, 3.05) is 18.5 Å². The van der Waals surface area contributed by atoms with Gasteiger partial charge in [-0.3, -0.25) is 0 Å². The second-order valence-electron chi connectivity index (χ2n) is 5.36. The molecule has 0 aliphatic rings. The Hall–Kier alpha value is -1.53. The number of nitriles is 1. The van der Waals surface area contributed by atoms with Gasteiger partial charge in [-0.2, -0.15) is 5.26 Å². The molecule has 0 aliphatic heterocycles. The highest BCUT2D eigenvalue weighted by atomic mass is 15.2. The van der Waals surface area contributed by atoms with E-state index in [1.54, 1.807) is 0 Å². The van der Waals surface area contributed by atoms with E-state index in [0.29, 0.717) is 12.1 Å². The minimum Gasteiger partial charge on any atom is -0.369 e. The number of benzene rings is 1. The Bertz CT molecular complexity index is 412. The molecule has 0 radical (unpaired) electrons. The number of hydrogen-bond donors (Lipinski definition) is 1. The van der Waals surface area contributed by atoms with Gasteiger partial charge in [0.25, 0.3) is 0 Å². The summed E-state index contributed by atoms with van der Waals surface area (Å²) in [6.07, 6.45) is 0. The number of likely N-dealkylation sites (N-methyl/N-ethyl adjacent to an activating group) is 1. The molecule has 0 fully saturated rings. The maximum atomic E-state index is 9.12. The highest BCUT2D eigenvalue weighted by Crippen LogP contribution is 2.28. The zero-order valence-corrected chi connectivity index (χ0v) is 11.1. The smallest absolute Gasteiger partial charge is 0.101 e. The van der Waals surface area contributed by atoms with Crippen molar-refractivity contribution >= 4 is 5.69 Å². The Morgan fingerprint density at radius 1 is 1.35 bits per heavy atom. The lowest BCUT2D eigenvalue weighted by Crippen LogP contribution is -2.47. The minimum atomic E-state index is 0.0755. The fourth-order valence-electron chi connectivity index (χ4n) is 2.14. The highest BCUT2D eigenvalue weighted by molar-refractivity contribution is 5.59. The first kappa shape index (κ1) is 13.5. The number of anilines is 1. The summed E-state index contributed by atoms with van der Waals surface area (Å²) in [5.41, 5.74) is 7.58. The average Bonchev–Trinajstić information content (AvgIpc) is 2.27. The van der Waals surface area contributed by atoms with Gasteiger partial charge in [0.15, 0.2) is 0 Å². The van der Waals surface area contributed by atoms with Gasteiger partial charge in [0.1, 0.15) is 6.07 Å². The van der Waals surface area contributed by atoms with Crippen LogP contribution in [0.5, 0.6) is 0 Å². The van der Waals surface area contributed by atoms with E-state index in [9.17, 15) is 0 Å². The predicted molar refractivity (Wildman–Crippen MR) is 71.9 cm³/mol. The Balaban J connectivity index is 3.11. The summed E-state index contributed by atoms with van der Waals surface area (Å²) in [5, 5.41) is 9.12. The van der Waals surface area contributed by atoms with Crippen molar-refractivity contribution in [3.05, 3.63) is 29.8 Å². The molecule has 0 amide bonds. The first-order valence-corrected chi connectivity index (χ1v) is 5.84. The summed E-state index contributed by atoms with van der Waals surface area (Å²) < 4.78 is 0. The number of rotatable bonds is 3. The van der Waals surface area contributed by atoms with Gasteiger partial charge in [-0.15, -0.1) is 0 Å². The third-order valence-corrected chi connectivity index (χ3v) is 3.09. The first-order valence-electron chi connectivity index (χ1n) is 5.84. The molecule has 1 rings (SSSR count). The van der Waals surface area contributed by atoms with Crippen LogP contribution in [0.25, 0.3) is 0 Å². The van der Waals surface area contributed by atoms with E-state index in [2.05, 4.69) is 31.7 Å². The summed E-state index contributed by atoms with van der Waals surface area (Å²) in [6, 6.07) is 10.1. The predicted octanol–water partition coefficient (Wildman–Crippen LogP) is 2.37. The lowest BCUT2D eigenvalue weighted by Gasteiger charge is -2.39. The number of para-hydroxylation sites is 1. The van der Waals surface area contributed by atoms with Crippen molar-refractivity contribution in [1.29, 1.82) is 5.26 Å². The summed E-state index contributed by atoms with van der Waals surface area (Å²) in [7, 11) is 2.00. The standard InChI is InChI=1S/C14H21N3/c1-14(2,3)13(10-16)17(4)12-8-6-5-7-11(12)9-15/h5-8,13H,10,16H2,1-4H3. The van der Waals surface area contributed by atoms with Crippen molar-refractivity contribution in [1.82, 2.24) is 0 Å². The van der Waals surface area contributed by atoms with Gasteiger partial charge in [-0.1, -0.05) is 32.9 Å². The second kappa shape index (κ2) is 5.20. The maximum Gasteiger partial charge on any atom is 0.101 e. The van der Waals surface area contributed by atoms with E-state index in [0.717, 1.165) is 5.69 Å². The van der Waals surface area contributed by atoms with Gasteiger partial charge < -0.3 is 10.6 Å². The molecule has 0 saturated carbocycles. The normalized spacial score (nSPS) is 12.9. The molecule has 92 valence electrons. The third-order valence-electron chi connectivity index (χ3n) is 3.09. The van der Waals surface area contributed by atoms with Crippen LogP contribution in [-0.2, 0) is 0 Å². The Morgan fingerprint density at radius 3 is 2.41 bits per heavy atom. The summed E-state index contributed by atoms with van der Waals surface area (Å²) in [4.78, 5) is 2.11. The van der Waals surface area contributed by atoms with E-state index >= 15 is 0 Å². The topological polar surface area (TPSA) is 53.0 Å². The van der Waals surface area contributed by atoms with Crippen LogP contribution in [0.15, 0.2) is 24.3 Å². The lowest BCUT2D eigenvalue weighted by molar-refractivity contribution is 0.316. The molecule has 3 heteroatoms. The second-order valence-corrected chi connectivity index (χ2v) is 5.36. The molecule has 2 N–H and O–H groups in total. The molecule has 0 aliphatic carbocycles. The van der Waals surface area contributed by atoms with Gasteiger partial charge >= 0.3 is 0 Å². The Kier molecular flexibility index (Phi) is 4.14. The Labute approximate surface area is 104 Å². The Morgan fingerprint density at radius 2 is 1.94 bits per heavy atom. The molecule has 0 spiro atoms. The van der Waals surface area contributed by atoms with Gasteiger partial charge in [0.2, 0.25) is 0 Å². The molecular formula is C14H21N3. The molecule has 1 aromatic carbocycles. The van der Waals surface area contributed by atoms with Gasteiger partial charge in [-0.25, -0.2) is 0 Å². The number of hydrogen-bond acceptors (Lipinski definition) is 3. The number of nitrogens with zero attached hydrogens (tertiary/aromatic N) is 2. The van der Waals surface area contributed by atoms with E-state index in [1.165, 1.54) is 0 Å². The highest BCUT2D eigenvalue weighted by Gasteiger charge is 2.28. The summed E-state index contributed by atoms with van der Waals surface area (Å²) in [6.45, 7) is 7.06. The van der Waals surface area contributed by atoms with E-state index in [1.807, 2.05) is 31.3 Å². The van der Waals surface area contributed by atoms with Crippen LogP contribution in [0.2, 0.25) is 0 Å². The molecule has 0 heterocycles. The van der Waals surface area contributed by atoms with Crippen LogP contribution < -0.4 is 10.6 Å². The zero-order valence-electron chi connectivity index (χ0n) is 11.1. The van der Waals surface area contributed by atoms with Crippen LogP contribution in [0.1, 0.15) is 26.3 Å². The van der Waals surface area contributed by atoms with Crippen molar-refractivity contribution < 1.29 is 0 Å². The maximum absolute atomic E-state index is 9.12.